The van der Waals surface area contributed by atoms with Crippen LogP contribution >= 0.6 is 0 Å². The Morgan fingerprint density at radius 2 is 1.79 bits per heavy atom. The van der Waals surface area contributed by atoms with Gasteiger partial charge in [-0.25, -0.2) is 4.79 Å². The molecule has 0 unspecified atom stereocenters. The second-order valence-corrected chi connectivity index (χ2v) is 9.33. The molecule has 34 heavy (non-hydrogen) atoms. The first kappa shape index (κ1) is 23.7. The number of amides is 3. The number of likely N-dealkylation sites (tertiary alicyclic amines) is 1. The number of hydrogen-bond donors (Lipinski definition) is 2. The molecule has 0 aliphatic carbocycles. The molecule has 1 aromatic heterocycles. The molecule has 0 saturated carbocycles. The van der Waals surface area contributed by atoms with Crippen LogP contribution in [-0.4, -0.2) is 54.8 Å². The summed E-state index contributed by atoms with van der Waals surface area (Å²) in [4.78, 5) is 40.3. The molecule has 182 valence electrons. The third-order valence-electron chi connectivity index (χ3n) is 6.65. The van der Waals surface area contributed by atoms with Crippen molar-refractivity contribution in [2.24, 2.45) is 11.8 Å². The zero-order chi connectivity index (χ0) is 24.4. The number of aromatic nitrogens is 1. The van der Waals surface area contributed by atoms with Crippen molar-refractivity contribution in [3.05, 3.63) is 52.4 Å². The highest BCUT2D eigenvalue weighted by atomic mass is 16.5. The van der Waals surface area contributed by atoms with Crippen molar-refractivity contribution in [1.29, 1.82) is 0 Å². The van der Waals surface area contributed by atoms with Gasteiger partial charge in [-0.05, 0) is 36.5 Å². The lowest BCUT2D eigenvalue weighted by Crippen LogP contribution is -2.56. The normalized spacial score (nSPS) is 19.7. The number of urea groups is 1. The molecule has 9 heteroatoms. The number of carbonyl (C=O) groups excluding carboxylic acids is 2. The number of pyridine rings is 1. The number of nitrogens with one attached hydrogen (secondary N) is 2. The number of carbonyl (C=O) groups is 2. The smallest absolute Gasteiger partial charge is 0.318 e. The number of piperidine rings is 1. The first-order chi connectivity index (χ1) is 16.3. The maximum atomic E-state index is 13.2. The van der Waals surface area contributed by atoms with Crippen LogP contribution in [0, 0.1) is 11.8 Å². The quantitative estimate of drug-likeness (QED) is 0.679. The summed E-state index contributed by atoms with van der Waals surface area (Å²) >= 11 is 0. The van der Waals surface area contributed by atoms with Gasteiger partial charge in [0, 0.05) is 49.1 Å². The minimum Gasteiger partial charge on any atom is -0.493 e. The topological polar surface area (TPSA) is 102 Å². The molecule has 3 heterocycles. The molecule has 2 aliphatic heterocycles. The van der Waals surface area contributed by atoms with Crippen LogP contribution in [0.5, 0.6) is 11.5 Å². The van der Waals surface area contributed by atoms with Crippen molar-refractivity contribution in [1.82, 2.24) is 14.8 Å². The van der Waals surface area contributed by atoms with E-state index in [1.165, 1.54) is 7.11 Å². The molecular weight excluding hydrogens is 436 g/mol. The predicted molar refractivity (Wildman–Crippen MR) is 128 cm³/mol. The summed E-state index contributed by atoms with van der Waals surface area (Å²) in [5.74, 6) is 0.983. The molecule has 1 fully saturated rings. The van der Waals surface area contributed by atoms with Gasteiger partial charge in [-0.3, -0.25) is 9.59 Å². The van der Waals surface area contributed by atoms with E-state index in [0.717, 1.165) is 12.1 Å². The fourth-order valence-electron chi connectivity index (χ4n) is 4.96. The zero-order valence-corrected chi connectivity index (χ0v) is 20.0. The minimum atomic E-state index is -0.711. The number of benzene rings is 1. The van der Waals surface area contributed by atoms with Crippen LogP contribution in [0.2, 0.25) is 0 Å². The number of fused-ring (bicyclic) bond motifs is 4. The van der Waals surface area contributed by atoms with Crippen molar-refractivity contribution in [2.45, 2.75) is 38.8 Å². The van der Waals surface area contributed by atoms with Crippen molar-refractivity contribution < 1.29 is 19.1 Å². The predicted octanol–water partition coefficient (Wildman–Crippen LogP) is 2.66. The van der Waals surface area contributed by atoms with Gasteiger partial charge >= 0.3 is 6.03 Å². The van der Waals surface area contributed by atoms with E-state index >= 15 is 0 Å². The number of anilines is 1. The van der Waals surface area contributed by atoms with Crippen LogP contribution < -0.4 is 25.7 Å². The Labute approximate surface area is 199 Å². The number of methoxy groups -OCH3 is 2. The third-order valence-corrected chi connectivity index (χ3v) is 6.65. The number of ether oxygens (including phenoxy) is 2. The summed E-state index contributed by atoms with van der Waals surface area (Å²) < 4.78 is 12.4. The van der Waals surface area contributed by atoms with E-state index < -0.39 is 6.04 Å². The van der Waals surface area contributed by atoms with Gasteiger partial charge in [-0.15, -0.1) is 0 Å². The summed E-state index contributed by atoms with van der Waals surface area (Å²) in [6.07, 6.45) is 0.959. The second kappa shape index (κ2) is 9.79. The third kappa shape index (κ3) is 4.73. The largest absolute Gasteiger partial charge is 0.493 e. The molecular formula is C25H32N4O5. The first-order valence-corrected chi connectivity index (χ1v) is 11.6. The van der Waals surface area contributed by atoms with Gasteiger partial charge in [0.05, 0.1) is 14.2 Å². The lowest BCUT2D eigenvalue weighted by molar-refractivity contribution is -0.118. The van der Waals surface area contributed by atoms with Crippen LogP contribution in [0.3, 0.4) is 0 Å². The van der Waals surface area contributed by atoms with Crippen LogP contribution in [0.4, 0.5) is 10.5 Å². The Hall–Kier alpha value is -3.49. The van der Waals surface area contributed by atoms with E-state index in [2.05, 4.69) is 10.6 Å². The first-order valence-electron chi connectivity index (χ1n) is 11.6. The minimum absolute atomic E-state index is 0.0109. The summed E-state index contributed by atoms with van der Waals surface area (Å²) in [6.45, 7) is 5.49. The molecule has 9 nitrogen and oxygen atoms in total. The summed E-state index contributed by atoms with van der Waals surface area (Å²) in [5.41, 5.74) is 1.54. The summed E-state index contributed by atoms with van der Waals surface area (Å²) in [5, 5.41) is 5.80. The molecule has 0 spiro atoms. The lowest BCUT2D eigenvalue weighted by Gasteiger charge is -2.43. The highest BCUT2D eigenvalue weighted by Crippen LogP contribution is 2.35. The van der Waals surface area contributed by atoms with Gasteiger partial charge in [-0.2, -0.15) is 0 Å². The van der Waals surface area contributed by atoms with E-state index in [-0.39, 0.29) is 35.3 Å². The number of nitrogens with zero attached hydrogens (tertiary/aromatic N) is 2. The maximum absolute atomic E-state index is 13.2. The van der Waals surface area contributed by atoms with E-state index in [1.54, 1.807) is 42.3 Å². The van der Waals surface area contributed by atoms with E-state index in [4.69, 9.17) is 9.47 Å². The average molecular weight is 469 g/mol. The van der Waals surface area contributed by atoms with Gasteiger partial charge in [0.15, 0.2) is 11.5 Å². The molecule has 4 rings (SSSR count). The van der Waals surface area contributed by atoms with Crippen LogP contribution in [-0.2, 0) is 11.3 Å². The average Bonchev–Trinajstić information content (AvgIpc) is 2.82. The van der Waals surface area contributed by atoms with Crippen molar-refractivity contribution in [3.63, 3.8) is 0 Å². The molecule has 1 saturated heterocycles. The van der Waals surface area contributed by atoms with Gasteiger partial charge in [0.25, 0.3) is 5.56 Å². The van der Waals surface area contributed by atoms with Crippen molar-refractivity contribution >= 4 is 17.6 Å². The SMILES string of the molecule is COc1ccc(NC(=O)[C@@H](NC(=O)N2C[C@@H]3C[C@H](C2)c2cccc(=O)n2C3)C(C)C)cc1OC. The second-order valence-electron chi connectivity index (χ2n) is 9.33. The Morgan fingerprint density at radius 1 is 1.03 bits per heavy atom. The fourth-order valence-corrected chi connectivity index (χ4v) is 4.96. The zero-order valence-electron chi connectivity index (χ0n) is 20.0. The van der Waals surface area contributed by atoms with Crippen LogP contribution in [0.1, 0.15) is 31.9 Å². The van der Waals surface area contributed by atoms with Gasteiger partial charge < -0.3 is 29.6 Å². The molecule has 0 radical (unpaired) electrons. The van der Waals surface area contributed by atoms with Crippen molar-refractivity contribution in [2.75, 3.05) is 32.6 Å². The summed E-state index contributed by atoms with van der Waals surface area (Å²) in [7, 11) is 3.08. The fraction of sp³-hybridized carbons (Fsp3) is 0.480. The molecule has 2 aliphatic rings. The highest BCUT2D eigenvalue weighted by molar-refractivity contribution is 5.97. The molecule has 1 aromatic carbocycles. The molecule has 3 amide bonds. The standard InChI is InChI=1S/C25H32N4O5/c1-15(2)23(24(31)26-18-8-9-20(33-3)21(11-18)34-4)27-25(32)28-12-16-10-17(14-28)19-6-5-7-22(30)29(19)13-16/h5-9,11,15-17,23H,10,12-14H2,1-4H3,(H,26,31)(H,27,32)/t16-,17+,23-/m0/s1. The molecule has 2 bridgehead atoms. The highest BCUT2D eigenvalue weighted by Gasteiger charge is 2.37. The van der Waals surface area contributed by atoms with Gasteiger partial charge in [0.2, 0.25) is 5.91 Å². The monoisotopic (exact) mass is 468 g/mol. The Kier molecular flexibility index (Phi) is 6.81. The van der Waals surface area contributed by atoms with E-state index in [1.807, 2.05) is 24.5 Å². The van der Waals surface area contributed by atoms with Crippen LogP contribution in [0.25, 0.3) is 0 Å². The van der Waals surface area contributed by atoms with Gasteiger partial charge in [-0.1, -0.05) is 19.9 Å². The molecule has 2 aromatic rings. The Morgan fingerprint density at radius 3 is 2.50 bits per heavy atom. The van der Waals surface area contributed by atoms with Crippen LogP contribution in [0.15, 0.2) is 41.2 Å². The molecule has 3 atom stereocenters. The Balaban J connectivity index is 1.44. The lowest BCUT2D eigenvalue weighted by atomic mass is 9.83. The molecule has 2 N–H and O–H groups in total. The number of hydrogen-bond acceptors (Lipinski definition) is 5. The van der Waals surface area contributed by atoms with E-state index in [0.29, 0.717) is 36.8 Å². The van der Waals surface area contributed by atoms with Crippen molar-refractivity contribution in [3.8, 4) is 11.5 Å². The van der Waals surface area contributed by atoms with Gasteiger partial charge in [0.1, 0.15) is 6.04 Å². The van der Waals surface area contributed by atoms with E-state index in [9.17, 15) is 14.4 Å². The Bertz CT molecular complexity index is 1130. The summed E-state index contributed by atoms with van der Waals surface area (Å²) in [6, 6.07) is 9.48. The maximum Gasteiger partial charge on any atom is 0.318 e. The number of rotatable bonds is 6.